The standard InChI is InChI=1S/C20H15N3OS/c21-14-18(13-16-7-3-1-4-8-16)19(24)23(20-22-11-12-25-20)15-17-9-5-2-6-10-17/h1-13H,15H2/b18-13+. The Morgan fingerprint density at radius 3 is 2.40 bits per heavy atom. The zero-order valence-corrected chi connectivity index (χ0v) is 14.2. The number of nitriles is 1. The zero-order chi connectivity index (χ0) is 17.5. The molecule has 0 unspecified atom stereocenters. The van der Waals surface area contributed by atoms with E-state index in [1.54, 1.807) is 12.3 Å². The highest BCUT2D eigenvalue weighted by atomic mass is 32.1. The molecule has 0 radical (unpaired) electrons. The monoisotopic (exact) mass is 345 g/mol. The highest BCUT2D eigenvalue weighted by molar-refractivity contribution is 7.13. The summed E-state index contributed by atoms with van der Waals surface area (Å²) in [4.78, 5) is 18.8. The average molecular weight is 345 g/mol. The lowest BCUT2D eigenvalue weighted by Gasteiger charge is -2.19. The fourth-order valence-electron chi connectivity index (χ4n) is 2.34. The van der Waals surface area contributed by atoms with Gasteiger partial charge in [0.15, 0.2) is 5.13 Å². The van der Waals surface area contributed by atoms with Crippen LogP contribution in [-0.4, -0.2) is 10.9 Å². The van der Waals surface area contributed by atoms with E-state index in [0.29, 0.717) is 11.7 Å². The topological polar surface area (TPSA) is 57.0 Å². The second-order valence-electron chi connectivity index (χ2n) is 5.27. The molecular weight excluding hydrogens is 330 g/mol. The molecule has 1 heterocycles. The molecule has 4 nitrogen and oxygen atoms in total. The first-order chi connectivity index (χ1) is 12.3. The SMILES string of the molecule is N#C/C(=C\c1ccccc1)C(=O)N(Cc1ccccc1)c1nccs1. The van der Waals surface area contributed by atoms with Crippen LogP contribution in [-0.2, 0) is 11.3 Å². The first-order valence-electron chi connectivity index (χ1n) is 7.70. The second kappa shape index (κ2) is 8.04. The van der Waals surface area contributed by atoms with E-state index in [-0.39, 0.29) is 11.5 Å². The number of benzene rings is 2. The Kier molecular flexibility index (Phi) is 5.35. The van der Waals surface area contributed by atoms with Gasteiger partial charge in [0.05, 0.1) is 6.54 Å². The van der Waals surface area contributed by atoms with E-state index in [4.69, 9.17) is 0 Å². The van der Waals surface area contributed by atoms with Crippen molar-refractivity contribution in [1.29, 1.82) is 5.26 Å². The molecule has 1 aromatic heterocycles. The fraction of sp³-hybridized carbons (Fsp3) is 0.0500. The van der Waals surface area contributed by atoms with Crippen molar-refractivity contribution in [2.75, 3.05) is 4.90 Å². The van der Waals surface area contributed by atoms with Crippen LogP contribution in [0.4, 0.5) is 5.13 Å². The van der Waals surface area contributed by atoms with E-state index in [1.165, 1.54) is 16.2 Å². The van der Waals surface area contributed by atoms with Gasteiger partial charge in [-0.15, -0.1) is 11.3 Å². The summed E-state index contributed by atoms with van der Waals surface area (Å²) in [5.41, 5.74) is 1.87. The molecule has 0 atom stereocenters. The number of hydrogen-bond acceptors (Lipinski definition) is 4. The van der Waals surface area contributed by atoms with E-state index in [0.717, 1.165) is 11.1 Å². The van der Waals surface area contributed by atoms with E-state index < -0.39 is 0 Å². The number of aromatic nitrogens is 1. The Bertz CT molecular complexity index is 897. The minimum absolute atomic E-state index is 0.0809. The number of hydrogen-bond donors (Lipinski definition) is 0. The van der Waals surface area contributed by atoms with Crippen molar-refractivity contribution >= 4 is 28.5 Å². The van der Waals surface area contributed by atoms with Crippen LogP contribution in [0.25, 0.3) is 6.08 Å². The molecule has 0 bridgehead atoms. The van der Waals surface area contributed by atoms with Crippen LogP contribution < -0.4 is 4.90 Å². The van der Waals surface area contributed by atoms with Crippen LogP contribution in [0.2, 0.25) is 0 Å². The van der Waals surface area contributed by atoms with E-state index in [2.05, 4.69) is 4.98 Å². The van der Waals surface area contributed by atoms with Gasteiger partial charge >= 0.3 is 0 Å². The third-order valence-electron chi connectivity index (χ3n) is 3.54. The van der Waals surface area contributed by atoms with Gasteiger partial charge in [0, 0.05) is 11.6 Å². The lowest BCUT2D eigenvalue weighted by Crippen LogP contribution is -2.31. The Morgan fingerprint density at radius 2 is 1.80 bits per heavy atom. The van der Waals surface area contributed by atoms with Gasteiger partial charge in [-0.25, -0.2) is 4.98 Å². The second-order valence-corrected chi connectivity index (χ2v) is 6.15. The van der Waals surface area contributed by atoms with Gasteiger partial charge in [0.2, 0.25) is 0 Å². The maximum atomic E-state index is 13.0. The number of carbonyl (C=O) groups excluding carboxylic acids is 1. The van der Waals surface area contributed by atoms with Gasteiger partial charge in [-0.1, -0.05) is 60.7 Å². The Morgan fingerprint density at radius 1 is 1.12 bits per heavy atom. The quantitative estimate of drug-likeness (QED) is 0.512. The predicted octanol–water partition coefficient (Wildman–Crippen LogP) is 4.28. The van der Waals surface area contributed by atoms with Gasteiger partial charge < -0.3 is 0 Å². The first kappa shape index (κ1) is 16.6. The third-order valence-corrected chi connectivity index (χ3v) is 4.33. The van der Waals surface area contributed by atoms with Crippen molar-refractivity contribution in [3.8, 4) is 6.07 Å². The number of nitrogens with zero attached hydrogens (tertiary/aromatic N) is 3. The molecule has 25 heavy (non-hydrogen) atoms. The van der Waals surface area contributed by atoms with Gasteiger partial charge in [0.25, 0.3) is 5.91 Å². The van der Waals surface area contributed by atoms with Gasteiger partial charge in [-0.05, 0) is 17.2 Å². The number of thiazole rings is 1. The summed E-state index contributed by atoms with van der Waals surface area (Å²) in [7, 11) is 0. The van der Waals surface area contributed by atoms with Crippen LogP contribution in [0, 0.1) is 11.3 Å². The molecule has 0 aliphatic rings. The zero-order valence-electron chi connectivity index (χ0n) is 13.4. The summed E-state index contributed by atoms with van der Waals surface area (Å²) in [6, 6.07) is 21.0. The van der Waals surface area contributed by atoms with Crippen LogP contribution >= 0.6 is 11.3 Å². The number of amides is 1. The summed E-state index contributed by atoms with van der Waals surface area (Å²) >= 11 is 1.37. The van der Waals surface area contributed by atoms with Crippen LogP contribution in [0.1, 0.15) is 11.1 Å². The average Bonchev–Trinajstić information content (AvgIpc) is 3.20. The predicted molar refractivity (Wildman–Crippen MR) is 99.8 cm³/mol. The molecule has 0 N–H and O–H groups in total. The molecule has 0 saturated carbocycles. The highest BCUT2D eigenvalue weighted by Gasteiger charge is 2.22. The van der Waals surface area contributed by atoms with Crippen LogP contribution in [0.15, 0.2) is 77.8 Å². The largest absolute Gasteiger partial charge is 0.279 e. The fourth-order valence-corrected chi connectivity index (χ4v) is 2.98. The van der Waals surface area contributed by atoms with Gasteiger partial charge in [-0.3, -0.25) is 9.69 Å². The molecule has 122 valence electrons. The highest BCUT2D eigenvalue weighted by Crippen LogP contribution is 2.23. The number of carbonyl (C=O) groups is 1. The first-order valence-corrected chi connectivity index (χ1v) is 8.58. The van der Waals surface area contributed by atoms with Crippen LogP contribution in [0.3, 0.4) is 0 Å². The summed E-state index contributed by atoms with van der Waals surface area (Å²) in [6.45, 7) is 0.362. The van der Waals surface area contributed by atoms with Crippen molar-refractivity contribution in [3.05, 3.63) is 88.9 Å². The molecule has 0 aliphatic heterocycles. The molecule has 0 aliphatic carbocycles. The summed E-state index contributed by atoms with van der Waals surface area (Å²) < 4.78 is 0. The minimum atomic E-state index is -0.356. The minimum Gasteiger partial charge on any atom is -0.279 e. The third kappa shape index (κ3) is 4.19. The molecule has 3 aromatic rings. The van der Waals surface area contributed by atoms with Crippen molar-refractivity contribution < 1.29 is 4.79 Å². The van der Waals surface area contributed by atoms with Crippen LogP contribution in [0.5, 0.6) is 0 Å². The maximum Gasteiger partial charge on any atom is 0.271 e. The number of rotatable bonds is 5. The van der Waals surface area contributed by atoms with Crippen molar-refractivity contribution in [2.45, 2.75) is 6.54 Å². The lowest BCUT2D eigenvalue weighted by atomic mass is 10.1. The molecule has 0 spiro atoms. The van der Waals surface area contributed by atoms with Crippen molar-refractivity contribution in [1.82, 2.24) is 4.98 Å². The molecule has 2 aromatic carbocycles. The Balaban J connectivity index is 1.93. The normalized spacial score (nSPS) is 10.9. The van der Waals surface area contributed by atoms with E-state index in [1.807, 2.05) is 72.1 Å². The van der Waals surface area contributed by atoms with Gasteiger partial charge in [0.1, 0.15) is 11.6 Å². The van der Waals surface area contributed by atoms with E-state index >= 15 is 0 Å². The number of anilines is 1. The van der Waals surface area contributed by atoms with Crippen molar-refractivity contribution in [3.63, 3.8) is 0 Å². The Labute approximate surface area is 150 Å². The molecule has 1 amide bonds. The molecule has 0 fully saturated rings. The molecule has 0 saturated heterocycles. The summed E-state index contributed by atoms with van der Waals surface area (Å²) in [6.07, 6.45) is 3.26. The lowest BCUT2D eigenvalue weighted by molar-refractivity contribution is -0.114. The summed E-state index contributed by atoms with van der Waals surface area (Å²) in [5.74, 6) is -0.356. The van der Waals surface area contributed by atoms with Crippen molar-refractivity contribution in [2.24, 2.45) is 0 Å². The molecule has 3 rings (SSSR count). The Hall–Kier alpha value is -3.23. The maximum absolute atomic E-state index is 13.0. The van der Waals surface area contributed by atoms with E-state index in [9.17, 15) is 10.1 Å². The molecule has 5 heteroatoms. The van der Waals surface area contributed by atoms with Gasteiger partial charge in [-0.2, -0.15) is 5.26 Å². The molecular formula is C20H15N3OS. The smallest absolute Gasteiger partial charge is 0.271 e. The summed E-state index contributed by atoms with van der Waals surface area (Å²) in [5, 5.41) is 11.9.